The minimum atomic E-state index is -6.01. The Labute approximate surface area is 146 Å². The number of carbonyl (C=O) groups is 1. The second kappa shape index (κ2) is 6.33. The van der Waals surface area contributed by atoms with Gasteiger partial charge in [-0.05, 0) is 45.7 Å². The fourth-order valence-electron chi connectivity index (χ4n) is 2.72. The molecule has 26 heavy (non-hydrogen) atoms. The minimum absolute atomic E-state index is 0.0413. The standard InChI is InChI=1S/C16H19F6NO3/c1-8-6-10(14(26,15(17,18)19)16(20,21)22)7-9(2)11(8)23(12(24)25)13(3,4)5/h6-7,26H,1-5H3,(H,24,25). The smallest absolute Gasteiger partial charge is 0.430 e. The second-order valence-electron chi connectivity index (χ2n) is 6.95. The Balaban J connectivity index is 3.77. The minimum Gasteiger partial charge on any atom is -0.465 e. The average Bonchev–Trinajstić information content (AvgIpc) is 2.36. The average molecular weight is 387 g/mol. The number of halogens is 6. The van der Waals surface area contributed by atoms with Gasteiger partial charge in [-0.2, -0.15) is 26.3 Å². The lowest BCUT2D eigenvalue weighted by molar-refractivity contribution is -0.376. The van der Waals surface area contributed by atoms with E-state index in [9.17, 15) is 41.4 Å². The summed E-state index contributed by atoms with van der Waals surface area (Å²) in [4.78, 5) is 12.4. The summed E-state index contributed by atoms with van der Waals surface area (Å²) in [5.74, 6) is 0. The van der Waals surface area contributed by atoms with Crippen molar-refractivity contribution in [2.45, 2.75) is 58.1 Å². The van der Waals surface area contributed by atoms with E-state index in [2.05, 4.69) is 0 Å². The summed E-state index contributed by atoms with van der Waals surface area (Å²) in [6, 6.07) is 1.01. The highest BCUT2D eigenvalue weighted by molar-refractivity contribution is 5.90. The second-order valence-corrected chi connectivity index (χ2v) is 6.95. The molecule has 1 aromatic rings. The molecule has 1 aromatic carbocycles. The third-order valence-electron chi connectivity index (χ3n) is 3.82. The van der Waals surface area contributed by atoms with Gasteiger partial charge in [0.2, 0.25) is 0 Å². The Hall–Kier alpha value is -1.97. The number of carboxylic acid groups (broad SMARTS) is 1. The van der Waals surface area contributed by atoms with Gasteiger partial charge in [0.1, 0.15) is 0 Å². The molecule has 148 valence electrons. The van der Waals surface area contributed by atoms with E-state index in [0.717, 1.165) is 4.90 Å². The molecule has 0 radical (unpaired) electrons. The van der Waals surface area contributed by atoms with Gasteiger partial charge in [0, 0.05) is 11.1 Å². The van der Waals surface area contributed by atoms with Crippen molar-refractivity contribution in [3.63, 3.8) is 0 Å². The zero-order valence-electron chi connectivity index (χ0n) is 14.7. The molecule has 0 aromatic heterocycles. The Morgan fingerprint density at radius 3 is 1.50 bits per heavy atom. The SMILES string of the molecule is Cc1cc(C(O)(C(F)(F)F)C(F)(F)F)cc(C)c1N(C(=O)O)C(C)(C)C. The molecule has 0 spiro atoms. The molecule has 1 rings (SSSR count). The highest BCUT2D eigenvalue weighted by atomic mass is 19.4. The van der Waals surface area contributed by atoms with Crippen LogP contribution >= 0.6 is 0 Å². The zero-order chi connectivity index (χ0) is 20.9. The van der Waals surface area contributed by atoms with Crippen molar-refractivity contribution in [2.24, 2.45) is 0 Å². The Bertz CT molecular complexity index is 666. The lowest BCUT2D eigenvalue weighted by Crippen LogP contribution is -2.54. The van der Waals surface area contributed by atoms with E-state index < -0.39 is 35.1 Å². The lowest BCUT2D eigenvalue weighted by atomic mass is 9.88. The Kier molecular flexibility index (Phi) is 5.37. The third kappa shape index (κ3) is 3.60. The molecule has 0 aliphatic carbocycles. The molecular weight excluding hydrogens is 368 g/mol. The number of amides is 1. The van der Waals surface area contributed by atoms with E-state index in [-0.39, 0.29) is 16.8 Å². The maximum Gasteiger partial charge on any atom is 0.430 e. The molecule has 0 bridgehead atoms. The first-order valence-corrected chi connectivity index (χ1v) is 7.36. The van der Waals surface area contributed by atoms with E-state index in [1.165, 1.54) is 34.6 Å². The topological polar surface area (TPSA) is 60.8 Å². The highest BCUT2D eigenvalue weighted by Crippen LogP contribution is 2.51. The predicted octanol–water partition coefficient (Wildman–Crippen LogP) is 4.90. The monoisotopic (exact) mass is 387 g/mol. The van der Waals surface area contributed by atoms with Crippen molar-refractivity contribution < 1.29 is 41.4 Å². The number of hydrogen-bond acceptors (Lipinski definition) is 2. The van der Waals surface area contributed by atoms with Crippen LogP contribution in [0.4, 0.5) is 36.8 Å². The molecule has 0 heterocycles. The summed E-state index contributed by atoms with van der Waals surface area (Å²) in [7, 11) is 0. The van der Waals surface area contributed by atoms with Gasteiger partial charge in [-0.25, -0.2) is 4.79 Å². The molecule has 4 nitrogen and oxygen atoms in total. The molecule has 0 atom stereocenters. The van der Waals surface area contributed by atoms with Crippen LogP contribution in [-0.2, 0) is 5.60 Å². The van der Waals surface area contributed by atoms with Crippen LogP contribution in [0.15, 0.2) is 12.1 Å². The number of aryl methyl sites for hydroxylation is 2. The fraction of sp³-hybridized carbons (Fsp3) is 0.562. The Morgan fingerprint density at radius 1 is 0.923 bits per heavy atom. The summed E-state index contributed by atoms with van der Waals surface area (Å²) in [6.07, 6.45) is -13.4. The van der Waals surface area contributed by atoms with E-state index >= 15 is 0 Å². The number of alkyl halides is 6. The largest absolute Gasteiger partial charge is 0.465 e. The molecule has 2 N–H and O–H groups in total. The van der Waals surface area contributed by atoms with Gasteiger partial charge in [-0.3, -0.25) is 4.90 Å². The van der Waals surface area contributed by atoms with Crippen molar-refractivity contribution >= 4 is 11.8 Å². The summed E-state index contributed by atoms with van der Waals surface area (Å²) in [5.41, 5.74) is -7.83. The lowest BCUT2D eigenvalue weighted by Gasteiger charge is -2.37. The Morgan fingerprint density at radius 2 is 1.27 bits per heavy atom. The molecular formula is C16H19F6NO3. The number of benzene rings is 1. The number of hydrogen-bond donors (Lipinski definition) is 2. The number of aliphatic hydroxyl groups is 1. The van der Waals surface area contributed by atoms with E-state index in [1.807, 2.05) is 0 Å². The normalized spacial score (nSPS) is 13.7. The third-order valence-corrected chi connectivity index (χ3v) is 3.82. The van der Waals surface area contributed by atoms with Gasteiger partial charge in [-0.1, -0.05) is 12.1 Å². The van der Waals surface area contributed by atoms with Gasteiger partial charge in [0.05, 0.1) is 5.69 Å². The van der Waals surface area contributed by atoms with Crippen LogP contribution in [0.2, 0.25) is 0 Å². The first-order chi connectivity index (χ1) is 11.4. The van der Waals surface area contributed by atoms with Gasteiger partial charge in [0.25, 0.3) is 5.60 Å². The fourth-order valence-corrected chi connectivity index (χ4v) is 2.72. The van der Waals surface area contributed by atoms with Crippen LogP contribution in [0.5, 0.6) is 0 Å². The zero-order valence-corrected chi connectivity index (χ0v) is 14.7. The van der Waals surface area contributed by atoms with Crippen molar-refractivity contribution in [1.29, 1.82) is 0 Å². The number of rotatable bonds is 2. The van der Waals surface area contributed by atoms with Crippen LogP contribution in [0.1, 0.15) is 37.5 Å². The van der Waals surface area contributed by atoms with Gasteiger partial charge in [-0.15, -0.1) is 0 Å². The molecule has 0 unspecified atom stereocenters. The van der Waals surface area contributed by atoms with Crippen LogP contribution in [0, 0.1) is 13.8 Å². The van der Waals surface area contributed by atoms with Gasteiger partial charge < -0.3 is 10.2 Å². The van der Waals surface area contributed by atoms with Crippen LogP contribution in [0.25, 0.3) is 0 Å². The molecule has 0 aliphatic rings. The summed E-state index contributed by atoms with van der Waals surface area (Å²) < 4.78 is 78.3. The van der Waals surface area contributed by atoms with E-state index in [0.29, 0.717) is 12.1 Å². The van der Waals surface area contributed by atoms with Crippen LogP contribution in [0.3, 0.4) is 0 Å². The highest BCUT2D eigenvalue weighted by Gasteiger charge is 2.71. The molecule has 0 saturated heterocycles. The van der Waals surface area contributed by atoms with Crippen molar-refractivity contribution in [3.05, 3.63) is 28.8 Å². The van der Waals surface area contributed by atoms with Crippen molar-refractivity contribution in [3.8, 4) is 0 Å². The summed E-state index contributed by atoms with van der Waals surface area (Å²) >= 11 is 0. The summed E-state index contributed by atoms with van der Waals surface area (Å²) in [6.45, 7) is 6.93. The maximum absolute atomic E-state index is 13.1. The summed E-state index contributed by atoms with van der Waals surface area (Å²) in [5, 5.41) is 18.9. The molecule has 0 saturated carbocycles. The van der Waals surface area contributed by atoms with Crippen molar-refractivity contribution in [1.82, 2.24) is 0 Å². The first-order valence-electron chi connectivity index (χ1n) is 7.36. The van der Waals surface area contributed by atoms with Gasteiger partial charge in [0.15, 0.2) is 0 Å². The quantitative estimate of drug-likeness (QED) is 0.710. The molecule has 0 fully saturated rings. The number of nitrogens with zero attached hydrogens (tertiary/aromatic N) is 1. The first kappa shape index (κ1) is 22.1. The molecule has 0 aliphatic heterocycles. The van der Waals surface area contributed by atoms with Crippen LogP contribution < -0.4 is 4.90 Å². The number of anilines is 1. The molecule has 10 heteroatoms. The van der Waals surface area contributed by atoms with Gasteiger partial charge >= 0.3 is 18.4 Å². The van der Waals surface area contributed by atoms with E-state index in [4.69, 9.17) is 0 Å². The van der Waals surface area contributed by atoms with Crippen LogP contribution in [-0.4, -0.2) is 34.2 Å². The maximum atomic E-state index is 13.1. The van der Waals surface area contributed by atoms with E-state index in [1.54, 1.807) is 0 Å². The van der Waals surface area contributed by atoms with Crippen molar-refractivity contribution in [2.75, 3.05) is 4.90 Å². The molecule has 1 amide bonds. The predicted molar refractivity (Wildman–Crippen MR) is 82.2 cm³/mol.